The van der Waals surface area contributed by atoms with Crippen LogP contribution in [0.1, 0.15) is 30.5 Å². The van der Waals surface area contributed by atoms with E-state index in [9.17, 15) is 0 Å². The van der Waals surface area contributed by atoms with Gasteiger partial charge in [0.2, 0.25) is 0 Å². The molecule has 1 N–H and O–H groups in total. The van der Waals surface area contributed by atoms with Crippen molar-refractivity contribution >= 4 is 5.69 Å². The highest BCUT2D eigenvalue weighted by Gasteiger charge is 1.99. The molecule has 0 saturated heterocycles. The molecule has 1 heteroatoms. The van der Waals surface area contributed by atoms with Crippen molar-refractivity contribution in [1.82, 2.24) is 0 Å². The van der Waals surface area contributed by atoms with Gasteiger partial charge in [-0.2, -0.15) is 0 Å². The van der Waals surface area contributed by atoms with Crippen molar-refractivity contribution in [3.8, 4) is 0 Å². The number of aryl methyl sites for hydroxylation is 1. The maximum absolute atomic E-state index is 3.49. The van der Waals surface area contributed by atoms with E-state index >= 15 is 0 Å². The Morgan fingerprint density at radius 1 is 0.895 bits per heavy atom. The van der Waals surface area contributed by atoms with E-state index < -0.39 is 0 Å². The minimum absolute atomic E-state index is 0.718. The summed E-state index contributed by atoms with van der Waals surface area (Å²) >= 11 is 0. The maximum Gasteiger partial charge on any atom is 0.0400 e. The lowest BCUT2D eigenvalue weighted by Crippen LogP contribution is -2.01. The van der Waals surface area contributed by atoms with Crippen LogP contribution in [0.4, 0.5) is 5.69 Å². The average molecular weight is 253 g/mol. The molecule has 0 aliphatic rings. The molecule has 2 rings (SSSR count). The van der Waals surface area contributed by atoms with E-state index in [2.05, 4.69) is 74.6 Å². The summed E-state index contributed by atoms with van der Waals surface area (Å²) in [6, 6.07) is 17.3. The van der Waals surface area contributed by atoms with E-state index in [4.69, 9.17) is 0 Å². The molecular weight excluding hydrogens is 230 g/mol. The van der Waals surface area contributed by atoms with Crippen LogP contribution >= 0.6 is 0 Å². The number of hydrogen-bond acceptors (Lipinski definition) is 1. The number of para-hydroxylation sites is 1. The summed E-state index contributed by atoms with van der Waals surface area (Å²) in [5.41, 5.74) is 5.26. The van der Waals surface area contributed by atoms with Crippen molar-refractivity contribution in [2.75, 3.05) is 5.32 Å². The number of nitrogens with one attached hydrogen (secondary N) is 1. The zero-order valence-electron chi connectivity index (χ0n) is 12.1. The van der Waals surface area contributed by atoms with Crippen molar-refractivity contribution < 1.29 is 0 Å². The number of rotatable bonds is 5. The molecule has 0 bridgehead atoms. The predicted molar refractivity (Wildman–Crippen MR) is 83.5 cm³/mol. The van der Waals surface area contributed by atoms with Gasteiger partial charge < -0.3 is 5.32 Å². The van der Waals surface area contributed by atoms with Gasteiger partial charge in [-0.1, -0.05) is 56.3 Å². The Kier molecular flexibility index (Phi) is 4.62. The third-order valence-electron chi connectivity index (χ3n) is 3.29. The average Bonchev–Trinajstić information content (AvgIpc) is 2.39. The van der Waals surface area contributed by atoms with Crippen LogP contribution in [0, 0.1) is 12.8 Å². The summed E-state index contributed by atoms with van der Waals surface area (Å²) in [7, 11) is 0. The summed E-state index contributed by atoms with van der Waals surface area (Å²) in [4.78, 5) is 0. The summed E-state index contributed by atoms with van der Waals surface area (Å²) in [6.45, 7) is 7.53. The molecule has 2 aromatic carbocycles. The Morgan fingerprint density at radius 2 is 1.53 bits per heavy atom. The van der Waals surface area contributed by atoms with Gasteiger partial charge in [0.1, 0.15) is 0 Å². The Balaban J connectivity index is 1.95. The highest BCUT2D eigenvalue weighted by atomic mass is 14.9. The molecule has 100 valence electrons. The van der Waals surface area contributed by atoms with Crippen LogP contribution in [-0.2, 0) is 13.0 Å². The lowest BCUT2D eigenvalue weighted by atomic mass is 10.0. The van der Waals surface area contributed by atoms with E-state index in [0.717, 1.165) is 18.9 Å². The van der Waals surface area contributed by atoms with Crippen LogP contribution in [0.15, 0.2) is 48.5 Å². The normalized spacial score (nSPS) is 10.7. The van der Waals surface area contributed by atoms with Gasteiger partial charge in [-0.15, -0.1) is 0 Å². The van der Waals surface area contributed by atoms with Gasteiger partial charge in [-0.25, -0.2) is 0 Å². The largest absolute Gasteiger partial charge is 0.381 e. The molecule has 1 nitrogen and oxygen atoms in total. The van der Waals surface area contributed by atoms with E-state index in [-0.39, 0.29) is 0 Å². The zero-order valence-corrected chi connectivity index (χ0v) is 12.1. The molecule has 19 heavy (non-hydrogen) atoms. The quantitative estimate of drug-likeness (QED) is 0.806. The Morgan fingerprint density at radius 3 is 2.16 bits per heavy atom. The van der Waals surface area contributed by atoms with Crippen molar-refractivity contribution in [2.45, 2.75) is 33.7 Å². The monoisotopic (exact) mass is 253 g/mol. The topological polar surface area (TPSA) is 12.0 Å². The van der Waals surface area contributed by atoms with Crippen molar-refractivity contribution in [1.29, 1.82) is 0 Å². The Labute approximate surface area is 116 Å². The van der Waals surface area contributed by atoms with Crippen LogP contribution in [0.3, 0.4) is 0 Å². The number of hydrogen-bond donors (Lipinski definition) is 1. The Hall–Kier alpha value is -1.76. The second-order valence-corrected chi connectivity index (χ2v) is 5.58. The number of benzene rings is 2. The highest BCUT2D eigenvalue weighted by molar-refractivity contribution is 5.50. The summed E-state index contributed by atoms with van der Waals surface area (Å²) < 4.78 is 0. The van der Waals surface area contributed by atoms with Gasteiger partial charge in [0.15, 0.2) is 0 Å². The molecule has 0 fully saturated rings. The van der Waals surface area contributed by atoms with E-state index in [1.807, 2.05) is 0 Å². The van der Waals surface area contributed by atoms with Gasteiger partial charge >= 0.3 is 0 Å². The smallest absolute Gasteiger partial charge is 0.0400 e. The molecule has 2 aromatic rings. The molecule has 0 amide bonds. The van der Waals surface area contributed by atoms with Crippen molar-refractivity contribution in [3.05, 3.63) is 65.2 Å². The first-order valence-corrected chi connectivity index (χ1v) is 7.02. The van der Waals surface area contributed by atoms with Crippen LogP contribution < -0.4 is 5.32 Å². The van der Waals surface area contributed by atoms with Gasteiger partial charge in [0.05, 0.1) is 0 Å². The van der Waals surface area contributed by atoms with Crippen LogP contribution in [0.5, 0.6) is 0 Å². The van der Waals surface area contributed by atoms with Gasteiger partial charge in [0.25, 0.3) is 0 Å². The van der Waals surface area contributed by atoms with Gasteiger partial charge in [0, 0.05) is 12.2 Å². The first-order valence-electron chi connectivity index (χ1n) is 7.02. The molecule has 0 atom stereocenters. The van der Waals surface area contributed by atoms with Crippen molar-refractivity contribution in [3.63, 3.8) is 0 Å². The van der Waals surface area contributed by atoms with Crippen molar-refractivity contribution in [2.24, 2.45) is 5.92 Å². The molecule has 0 spiro atoms. The third-order valence-corrected chi connectivity index (χ3v) is 3.29. The summed E-state index contributed by atoms with van der Waals surface area (Å²) in [5.74, 6) is 0.718. The zero-order chi connectivity index (χ0) is 13.7. The summed E-state index contributed by atoms with van der Waals surface area (Å²) in [5, 5.41) is 3.49. The molecule has 0 saturated carbocycles. The SMILES string of the molecule is Cc1ccccc1NCc1ccc(CC(C)C)cc1. The Bertz CT molecular complexity index is 511. The van der Waals surface area contributed by atoms with Gasteiger partial charge in [-0.05, 0) is 42.0 Å². The first kappa shape index (κ1) is 13.7. The highest BCUT2D eigenvalue weighted by Crippen LogP contribution is 2.15. The fourth-order valence-electron chi connectivity index (χ4n) is 2.23. The lowest BCUT2D eigenvalue weighted by Gasteiger charge is -2.10. The second-order valence-electron chi connectivity index (χ2n) is 5.58. The third kappa shape index (κ3) is 4.13. The van der Waals surface area contributed by atoms with Crippen LogP contribution in [0.25, 0.3) is 0 Å². The standard InChI is InChI=1S/C18H23N/c1-14(2)12-16-8-10-17(11-9-16)13-19-18-7-5-4-6-15(18)3/h4-11,14,19H,12-13H2,1-3H3. The van der Waals surface area contributed by atoms with Crippen LogP contribution in [0.2, 0.25) is 0 Å². The minimum Gasteiger partial charge on any atom is -0.381 e. The maximum atomic E-state index is 3.49. The van der Waals surface area contributed by atoms with E-state index in [1.165, 1.54) is 22.4 Å². The fourth-order valence-corrected chi connectivity index (χ4v) is 2.23. The molecule has 0 heterocycles. The molecule has 0 aliphatic carbocycles. The van der Waals surface area contributed by atoms with Gasteiger partial charge in [-0.3, -0.25) is 0 Å². The lowest BCUT2D eigenvalue weighted by molar-refractivity contribution is 0.647. The van der Waals surface area contributed by atoms with E-state index in [1.54, 1.807) is 0 Å². The molecular formula is C18H23N. The van der Waals surface area contributed by atoms with Crippen LogP contribution in [-0.4, -0.2) is 0 Å². The second kappa shape index (κ2) is 6.42. The number of anilines is 1. The molecule has 0 aliphatic heterocycles. The minimum atomic E-state index is 0.718. The summed E-state index contributed by atoms with van der Waals surface area (Å²) in [6.07, 6.45) is 1.16. The van der Waals surface area contributed by atoms with E-state index in [0.29, 0.717) is 0 Å². The molecule has 0 aromatic heterocycles. The molecule has 0 radical (unpaired) electrons. The fraction of sp³-hybridized carbons (Fsp3) is 0.333. The predicted octanol–water partition coefficient (Wildman–Crippen LogP) is 4.81. The first-order chi connectivity index (χ1) is 9.15. The molecule has 0 unspecified atom stereocenters.